The fourth-order valence-corrected chi connectivity index (χ4v) is 6.06. The Labute approximate surface area is 244 Å². The van der Waals surface area contributed by atoms with Gasteiger partial charge in [-0.05, 0) is 62.6 Å². The van der Waals surface area contributed by atoms with E-state index in [0.29, 0.717) is 40.2 Å². The number of aromatic nitrogens is 2. The number of ether oxygens (including phenoxy) is 2. The summed E-state index contributed by atoms with van der Waals surface area (Å²) in [5, 5.41) is 4.23. The molecule has 4 rings (SSSR count). The highest BCUT2D eigenvalue weighted by atomic mass is 35.5. The van der Waals surface area contributed by atoms with E-state index < -0.39 is 5.54 Å². The van der Waals surface area contributed by atoms with Crippen LogP contribution in [0.15, 0.2) is 53.7 Å². The molecule has 8 nitrogen and oxygen atoms in total. The van der Waals surface area contributed by atoms with Crippen molar-refractivity contribution < 1.29 is 19.1 Å². The molecule has 1 saturated carbocycles. The Kier molecular flexibility index (Phi) is 9.92. The van der Waals surface area contributed by atoms with Crippen LogP contribution >= 0.6 is 23.4 Å². The molecule has 1 aliphatic rings. The molecule has 3 aromatic rings. The molecule has 0 spiro atoms. The number of nitrogens with zero attached hydrogens (tertiary/aromatic N) is 3. The first-order chi connectivity index (χ1) is 19.2. The highest BCUT2D eigenvalue weighted by Crippen LogP contribution is 2.38. The topological polar surface area (TPSA) is 93.7 Å². The second-order valence-corrected chi connectivity index (χ2v) is 11.3. The lowest BCUT2D eigenvalue weighted by Crippen LogP contribution is -2.60. The van der Waals surface area contributed by atoms with E-state index in [4.69, 9.17) is 21.1 Å². The summed E-state index contributed by atoms with van der Waals surface area (Å²) in [6.45, 7) is 4.09. The van der Waals surface area contributed by atoms with Gasteiger partial charge in [0.1, 0.15) is 17.0 Å². The molecule has 0 bridgehead atoms. The molecular weight excluding hydrogens is 548 g/mol. The predicted molar refractivity (Wildman–Crippen MR) is 158 cm³/mol. The maximum Gasteiger partial charge on any atom is 0.250 e. The summed E-state index contributed by atoms with van der Waals surface area (Å²) in [7, 11) is 3.12. The summed E-state index contributed by atoms with van der Waals surface area (Å²) >= 11 is 7.42. The van der Waals surface area contributed by atoms with Crippen LogP contribution in [0.2, 0.25) is 5.02 Å². The normalized spacial score (nSPS) is 14.3. The second kappa shape index (κ2) is 13.4. The third-order valence-corrected chi connectivity index (χ3v) is 8.20. The van der Waals surface area contributed by atoms with Crippen LogP contribution in [0.3, 0.4) is 0 Å². The van der Waals surface area contributed by atoms with Gasteiger partial charge in [0.15, 0.2) is 5.16 Å². The van der Waals surface area contributed by atoms with Gasteiger partial charge < -0.3 is 19.7 Å². The Bertz CT molecular complexity index is 1330. The lowest BCUT2D eigenvalue weighted by molar-refractivity contribution is -0.146. The van der Waals surface area contributed by atoms with E-state index in [-0.39, 0.29) is 24.1 Å². The van der Waals surface area contributed by atoms with Gasteiger partial charge in [0.25, 0.3) is 0 Å². The Morgan fingerprint density at radius 3 is 2.27 bits per heavy atom. The van der Waals surface area contributed by atoms with E-state index in [1.807, 2.05) is 32.0 Å². The SMILES string of the molecule is COc1ccc(NC(=O)C2(N(Cc3ccc(Cl)cc3)C(=O)CSc3nc(C)cc(C)n3)CCCCC2)c(OC)c1. The van der Waals surface area contributed by atoms with Gasteiger partial charge in [-0.3, -0.25) is 9.59 Å². The summed E-state index contributed by atoms with van der Waals surface area (Å²) in [6, 6.07) is 14.5. The summed E-state index contributed by atoms with van der Waals surface area (Å²) < 4.78 is 10.8. The Morgan fingerprint density at radius 2 is 1.65 bits per heavy atom. The highest BCUT2D eigenvalue weighted by molar-refractivity contribution is 7.99. The smallest absolute Gasteiger partial charge is 0.250 e. The van der Waals surface area contributed by atoms with Crippen LogP contribution < -0.4 is 14.8 Å². The van der Waals surface area contributed by atoms with Crippen LogP contribution in [0.1, 0.15) is 49.1 Å². The van der Waals surface area contributed by atoms with Gasteiger partial charge in [0.2, 0.25) is 11.8 Å². The lowest BCUT2D eigenvalue weighted by atomic mass is 9.79. The van der Waals surface area contributed by atoms with Crippen LogP contribution in [0.25, 0.3) is 0 Å². The zero-order valence-electron chi connectivity index (χ0n) is 23.3. The number of aryl methyl sites for hydroxylation is 2. The number of rotatable bonds is 10. The molecule has 0 atom stereocenters. The number of thioether (sulfide) groups is 1. The quantitative estimate of drug-likeness (QED) is 0.224. The summed E-state index contributed by atoms with van der Waals surface area (Å²) in [4.78, 5) is 38.9. The van der Waals surface area contributed by atoms with Crippen molar-refractivity contribution in [2.75, 3.05) is 25.3 Å². The van der Waals surface area contributed by atoms with E-state index in [2.05, 4.69) is 15.3 Å². The maximum absolute atomic E-state index is 14.2. The molecule has 1 aromatic heterocycles. The van der Waals surface area contributed by atoms with E-state index in [0.717, 1.165) is 36.2 Å². The van der Waals surface area contributed by atoms with Crippen LogP contribution in [-0.4, -0.2) is 52.2 Å². The second-order valence-electron chi connectivity index (χ2n) is 9.94. The molecule has 0 radical (unpaired) electrons. The van der Waals surface area contributed by atoms with Crippen molar-refractivity contribution in [3.8, 4) is 11.5 Å². The number of carbonyl (C=O) groups is 2. The van der Waals surface area contributed by atoms with Gasteiger partial charge in [0.05, 0.1) is 25.7 Å². The zero-order valence-corrected chi connectivity index (χ0v) is 24.9. The van der Waals surface area contributed by atoms with E-state index in [1.165, 1.54) is 11.8 Å². The number of hydrogen-bond donors (Lipinski definition) is 1. The number of carbonyl (C=O) groups excluding carboxylic acids is 2. The van der Waals surface area contributed by atoms with E-state index >= 15 is 0 Å². The maximum atomic E-state index is 14.2. The van der Waals surface area contributed by atoms with Gasteiger partial charge in [0, 0.05) is 29.0 Å². The molecule has 2 aromatic carbocycles. The Hall–Kier alpha value is -3.30. The Morgan fingerprint density at radius 1 is 0.975 bits per heavy atom. The minimum absolute atomic E-state index is 0.109. The van der Waals surface area contributed by atoms with Crippen LogP contribution in [0, 0.1) is 13.8 Å². The molecule has 0 aliphatic heterocycles. The third-order valence-electron chi connectivity index (χ3n) is 7.12. The monoisotopic (exact) mass is 582 g/mol. The predicted octanol–water partition coefficient (Wildman–Crippen LogP) is 6.23. The summed E-state index contributed by atoms with van der Waals surface area (Å²) in [5.41, 5.74) is 2.07. The van der Waals surface area contributed by atoms with Crippen molar-refractivity contribution >= 4 is 40.9 Å². The summed E-state index contributed by atoms with van der Waals surface area (Å²) in [6.07, 6.45) is 3.80. The van der Waals surface area contributed by atoms with Crippen LogP contribution in [0.5, 0.6) is 11.5 Å². The van der Waals surface area contributed by atoms with Gasteiger partial charge in [-0.1, -0.05) is 54.8 Å². The van der Waals surface area contributed by atoms with Crippen molar-refractivity contribution in [2.45, 2.75) is 63.2 Å². The summed E-state index contributed by atoms with van der Waals surface area (Å²) in [5.74, 6) is 0.827. The van der Waals surface area contributed by atoms with Gasteiger partial charge in [-0.25, -0.2) is 9.97 Å². The minimum Gasteiger partial charge on any atom is -0.497 e. The zero-order chi connectivity index (χ0) is 28.7. The van der Waals surface area contributed by atoms with Crippen molar-refractivity contribution in [3.63, 3.8) is 0 Å². The molecule has 0 saturated heterocycles. The molecule has 40 heavy (non-hydrogen) atoms. The van der Waals surface area contributed by atoms with Gasteiger partial charge in [-0.15, -0.1) is 0 Å². The van der Waals surface area contributed by atoms with Crippen LogP contribution in [0.4, 0.5) is 5.69 Å². The number of hydrogen-bond acceptors (Lipinski definition) is 7. The van der Waals surface area contributed by atoms with E-state index in [1.54, 1.807) is 49.5 Å². The molecule has 1 heterocycles. The molecule has 1 aliphatic carbocycles. The molecule has 1 N–H and O–H groups in total. The first kappa shape index (κ1) is 29.7. The number of nitrogens with one attached hydrogen (secondary N) is 1. The molecule has 2 amide bonds. The number of anilines is 1. The van der Waals surface area contributed by atoms with Crippen LogP contribution in [-0.2, 0) is 16.1 Å². The van der Waals surface area contributed by atoms with Crippen molar-refractivity contribution in [1.29, 1.82) is 0 Å². The molecular formula is C30H35ClN4O4S. The standard InChI is InChI=1S/C30H35ClN4O4S/c1-20-16-21(2)33-29(32-20)40-19-27(36)35(18-22-8-10-23(31)11-9-22)30(14-6-5-7-15-30)28(37)34-25-13-12-24(38-3)17-26(25)39-4/h8-13,16-17H,5-7,14-15,18-19H2,1-4H3,(H,34,37). The molecule has 212 valence electrons. The van der Waals surface area contributed by atoms with E-state index in [9.17, 15) is 9.59 Å². The fraction of sp³-hybridized carbons (Fsp3) is 0.400. The number of amides is 2. The number of halogens is 1. The molecule has 0 unspecified atom stereocenters. The minimum atomic E-state index is -1.04. The molecule has 10 heteroatoms. The Balaban J connectivity index is 1.67. The molecule has 1 fully saturated rings. The van der Waals surface area contributed by atoms with Crippen molar-refractivity contribution in [1.82, 2.24) is 14.9 Å². The van der Waals surface area contributed by atoms with Crippen molar-refractivity contribution in [2.24, 2.45) is 0 Å². The number of benzene rings is 2. The average molecular weight is 583 g/mol. The third kappa shape index (κ3) is 7.06. The largest absolute Gasteiger partial charge is 0.497 e. The van der Waals surface area contributed by atoms with Gasteiger partial charge >= 0.3 is 0 Å². The number of methoxy groups -OCH3 is 2. The lowest BCUT2D eigenvalue weighted by Gasteiger charge is -2.45. The first-order valence-electron chi connectivity index (χ1n) is 13.3. The van der Waals surface area contributed by atoms with Gasteiger partial charge in [-0.2, -0.15) is 0 Å². The highest BCUT2D eigenvalue weighted by Gasteiger charge is 2.47. The first-order valence-corrected chi connectivity index (χ1v) is 14.6. The van der Waals surface area contributed by atoms with Crippen molar-refractivity contribution in [3.05, 3.63) is 70.5 Å². The average Bonchev–Trinajstić information content (AvgIpc) is 2.95. The fourth-order valence-electron chi connectivity index (χ4n) is 5.11.